The Hall–Kier alpha value is -3.19. The van der Waals surface area contributed by atoms with Crippen LogP contribution < -0.4 is 5.56 Å². The zero-order valence-electron chi connectivity index (χ0n) is 16.3. The molecule has 0 saturated carbocycles. The van der Waals surface area contributed by atoms with Gasteiger partial charge >= 0.3 is 5.97 Å². The number of aromatic nitrogens is 3. The van der Waals surface area contributed by atoms with Crippen LogP contribution in [0.5, 0.6) is 0 Å². The summed E-state index contributed by atoms with van der Waals surface area (Å²) in [6, 6.07) is 7.55. The van der Waals surface area contributed by atoms with Gasteiger partial charge in [-0.1, -0.05) is 54.8 Å². The molecule has 0 saturated heterocycles. The lowest BCUT2D eigenvalue weighted by Crippen LogP contribution is -2.17. The highest BCUT2D eigenvalue weighted by molar-refractivity contribution is 7.99. The number of aryl methyl sites for hydroxylation is 2. The minimum atomic E-state index is -0.556. The Morgan fingerprint density at radius 3 is 2.66 bits per heavy atom. The molecule has 0 bridgehead atoms. The highest BCUT2D eigenvalue weighted by Crippen LogP contribution is 2.33. The monoisotopic (exact) mass is 407 g/mol. The summed E-state index contributed by atoms with van der Waals surface area (Å²) in [5, 5.41) is 0.713. The average molecular weight is 407 g/mol. The van der Waals surface area contributed by atoms with Crippen molar-refractivity contribution in [3.63, 3.8) is 0 Å². The Labute approximate surface area is 172 Å². The fraction of sp³-hybridized carbons (Fsp3) is 0.182. The summed E-state index contributed by atoms with van der Waals surface area (Å²) < 4.78 is 5.28. The molecule has 3 rings (SSSR count). The van der Waals surface area contributed by atoms with E-state index in [9.17, 15) is 9.59 Å². The van der Waals surface area contributed by atoms with Crippen molar-refractivity contribution in [2.45, 2.75) is 19.0 Å². The second-order valence-corrected chi connectivity index (χ2v) is 7.33. The molecule has 0 aliphatic heterocycles. The fourth-order valence-corrected chi connectivity index (χ4v) is 3.65. The van der Waals surface area contributed by atoms with E-state index in [1.807, 2.05) is 31.2 Å². The molecule has 0 amide bonds. The van der Waals surface area contributed by atoms with Crippen molar-refractivity contribution in [2.75, 3.05) is 12.4 Å². The number of nitrogens with one attached hydrogen (secondary N) is 1. The summed E-state index contributed by atoms with van der Waals surface area (Å²) in [6.07, 6.45) is 3.22. The molecule has 29 heavy (non-hydrogen) atoms. The first-order valence-electron chi connectivity index (χ1n) is 9.00. The first kappa shape index (κ1) is 20.5. The van der Waals surface area contributed by atoms with Crippen molar-refractivity contribution in [1.29, 1.82) is 0 Å². The van der Waals surface area contributed by atoms with Gasteiger partial charge in [-0.25, -0.2) is 14.8 Å². The number of rotatable bonds is 7. The third-order valence-electron chi connectivity index (χ3n) is 4.30. The molecule has 0 atom stereocenters. The molecule has 0 aliphatic carbocycles. The Balaban J connectivity index is 2.38. The van der Waals surface area contributed by atoms with E-state index in [2.05, 4.69) is 28.1 Å². The molecule has 2 heterocycles. The lowest BCUT2D eigenvalue weighted by atomic mass is 9.93. The molecule has 3 aromatic rings. The van der Waals surface area contributed by atoms with E-state index < -0.39 is 5.97 Å². The molecule has 148 valence electrons. The molecule has 7 heteroatoms. The Morgan fingerprint density at radius 1 is 1.21 bits per heavy atom. The molecule has 6 nitrogen and oxygen atoms in total. The van der Waals surface area contributed by atoms with Crippen LogP contribution in [0.4, 0.5) is 0 Å². The molecule has 0 radical (unpaired) electrons. The third kappa shape index (κ3) is 4.14. The molecule has 0 spiro atoms. The Morgan fingerprint density at radius 2 is 1.97 bits per heavy atom. The molecule has 0 unspecified atom stereocenters. The Kier molecular flexibility index (Phi) is 6.29. The summed E-state index contributed by atoms with van der Waals surface area (Å²) in [6.45, 7) is 11.0. The van der Waals surface area contributed by atoms with Crippen LogP contribution >= 0.6 is 11.8 Å². The summed E-state index contributed by atoms with van der Waals surface area (Å²) in [7, 11) is 0. The number of aromatic amines is 1. The highest BCUT2D eigenvalue weighted by atomic mass is 32.2. The second kappa shape index (κ2) is 8.87. The van der Waals surface area contributed by atoms with Crippen LogP contribution in [0.1, 0.15) is 21.6 Å². The summed E-state index contributed by atoms with van der Waals surface area (Å²) in [5.41, 5.74) is 2.79. The van der Waals surface area contributed by atoms with E-state index >= 15 is 0 Å². The molecule has 1 aromatic carbocycles. The van der Waals surface area contributed by atoms with Crippen LogP contribution in [-0.2, 0) is 4.74 Å². The van der Waals surface area contributed by atoms with Crippen molar-refractivity contribution in [3.05, 3.63) is 76.8 Å². The maximum absolute atomic E-state index is 13.0. The van der Waals surface area contributed by atoms with E-state index in [0.717, 1.165) is 11.1 Å². The molecule has 0 aliphatic rings. The van der Waals surface area contributed by atoms with Gasteiger partial charge in [0.25, 0.3) is 5.56 Å². The van der Waals surface area contributed by atoms with Gasteiger partial charge in [0.15, 0.2) is 10.8 Å². The normalized spacial score (nSPS) is 10.7. The zero-order valence-corrected chi connectivity index (χ0v) is 17.1. The number of pyridine rings is 1. The highest BCUT2D eigenvalue weighted by Gasteiger charge is 2.25. The lowest BCUT2D eigenvalue weighted by molar-refractivity contribution is 0.0549. The van der Waals surface area contributed by atoms with Crippen LogP contribution in [0.25, 0.3) is 22.2 Å². The van der Waals surface area contributed by atoms with Gasteiger partial charge in [-0.15, -0.1) is 6.58 Å². The SMILES string of the molecule is C=CCOC(=O)c1c(C)nc2nc(SCC=C)[nH]c(=O)c2c1-c1ccccc1C. The van der Waals surface area contributed by atoms with Crippen molar-refractivity contribution >= 4 is 28.8 Å². The van der Waals surface area contributed by atoms with Gasteiger partial charge in [-0.3, -0.25) is 4.79 Å². The molecule has 2 aromatic heterocycles. The number of H-pyrrole nitrogens is 1. The summed E-state index contributed by atoms with van der Waals surface area (Å²) in [5.74, 6) is 0.0453. The van der Waals surface area contributed by atoms with Crippen molar-refractivity contribution in [2.24, 2.45) is 0 Å². The van der Waals surface area contributed by atoms with Crippen molar-refractivity contribution in [1.82, 2.24) is 15.0 Å². The largest absolute Gasteiger partial charge is 0.458 e. The van der Waals surface area contributed by atoms with E-state index in [1.54, 1.807) is 13.0 Å². The average Bonchev–Trinajstić information content (AvgIpc) is 2.69. The molecule has 0 fully saturated rings. The summed E-state index contributed by atoms with van der Waals surface area (Å²) >= 11 is 1.35. The van der Waals surface area contributed by atoms with Gasteiger partial charge in [0, 0.05) is 11.3 Å². The van der Waals surface area contributed by atoms with Gasteiger partial charge in [0.2, 0.25) is 0 Å². The first-order chi connectivity index (χ1) is 14.0. The maximum Gasteiger partial charge on any atom is 0.340 e. The molecular weight excluding hydrogens is 386 g/mol. The van der Waals surface area contributed by atoms with Gasteiger partial charge < -0.3 is 9.72 Å². The smallest absolute Gasteiger partial charge is 0.340 e. The number of esters is 1. The number of carbonyl (C=O) groups excluding carboxylic acids is 1. The van der Waals surface area contributed by atoms with Crippen LogP contribution in [0, 0.1) is 13.8 Å². The minimum Gasteiger partial charge on any atom is -0.458 e. The fourth-order valence-electron chi connectivity index (χ4n) is 3.05. The van der Waals surface area contributed by atoms with Gasteiger partial charge in [-0.2, -0.15) is 0 Å². The van der Waals surface area contributed by atoms with Gasteiger partial charge in [0.05, 0.1) is 16.6 Å². The molecular formula is C22H21N3O3S. The van der Waals surface area contributed by atoms with Crippen LogP contribution in [0.3, 0.4) is 0 Å². The number of hydrogen-bond acceptors (Lipinski definition) is 6. The number of nitrogens with zero attached hydrogens (tertiary/aromatic N) is 2. The number of thioether (sulfide) groups is 1. The Bertz CT molecular complexity index is 1170. The number of ether oxygens (including phenoxy) is 1. The maximum atomic E-state index is 13.0. The lowest BCUT2D eigenvalue weighted by Gasteiger charge is -2.16. The minimum absolute atomic E-state index is 0.0647. The molecule has 1 N–H and O–H groups in total. The van der Waals surface area contributed by atoms with Gasteiger partial charge in [-0.05, 0) is 25.0 Å². The summed E-state index contributed by atoms with van der Waals surface area (Å²) in [4.78, 5) is 37.6. The van der Waals surface area contributed by atoms with Crippen LogP contribution in [0.2, 0.25) is 0 Å². The third-order valence-corrected chi connectivity index (χ3v) is 5.17. The quantitative estimate of drug-likeness (QED) is 0.273. The topological polar surface area (TPSA) is 84.9 Å². The predicted octanol–water partition coefficient (Wildman–Crippen LogP) is 4.22. The second-order valence-electron chi connectivity index (χ2n) is 6.32. The predicted molar refractivity (Wildman–Crippen MR) is 116 cm³/mol. The van der Waals surface area contributed by atoms with Crippen molar-refractivity contribution < 1.29 is 9.53 Å². The van der Waals surface area contributed by atoms with E-state index in [0.29, 0.717) is 22.2 Å². The number of fused-ring (bicyclic) bond motifs is 1. The van der Waals surface area contributed by atoms with E-state index in [-0.39, 0.29) is 28.8 Å². The van der Waals surface area contributed by atoms with Gasteiger partial charge in [0.1, 0.15) is 6.61 Å². The number of hydrogen-bond donors (Lipinski definition) is 1. The zero-order chi connectivity index (χ0) is 21.0. The first-order valence-corrected chi connectivity index (χ1v) is 9.98. The number of benzene rings is 1. The van der Waals surface area contributed by atoms with Crippen LogP contribution in [-0.4, -0.2) is 33.3 Å². The van der Waals surface area contributed by atoms with E-state index in [1.165, 1.54) is 17.8 Å². The van der Waals surface area contributed by atoms with Crippen molar-refractivity contribution in [3.8, 4) is 11.1 Å². The number of carbonyl (C=O) groups is 1. The standard InChI is InChI=1S/C22H21N3O3S/c1-5-11-28-21(27)16-14(4)23-19-18(17(16)15-10-8-7-9-13(15)3)20(26)25-22(24-19)29-12-6-2/h5-10H,1-2,11-12H2,3-4H3,(H,23,24,25,26). The van der Waals surface area contributed by atoms with Crippen LogP contribution in [0.15, 0.2) is 59.5 Å². The van der Waals surface area contributed by atoms with E-state index in [4.69, 9.17) is 4.74 Å².